The van der Waals surface area contributed by atoms with E-state index in [0.717, 1.165) is 39.0 Å². The van der Waals surface area contributed by atoms with Crippen molar-refractivity contribution in [3.05, 3.63) is 12.2 Å². The van der Waals surface area contributed by atoms with E-state index >= 15 is 0 Å². The minimum atomic E-state index is -0.457. The van der Waals surface area contributed by atoms with E-state index in [0.29, 0.717) is 25.4 Å². The Morgan fingerprint density at radius 1 is 1.38 bits per heavy atom. The molecule has 2 unspecified atom stereocenters. The van der Waals surface area contributed by atoms with Crippen molar-refractivity contribution in [2.75, 3.05) is 53.4 Å². The lowest BCUT2D eigenvalue weighted by Crippen LogP contribution is -2.49. The van der Waals surface area contributed by atoms with Gasteiger partial charge in [-0.25, -0.2) is 0 Å². The number of carbonyl (C=O) groups is 1. The molecule has 2 atom stereocenters. The first kappa shape index (κ1) is 16.5. The highest BCUT2D eigenvalue weighted by Crippen LogP contribution is 2.21. The predicted octanol–water partition coefficient (Wildman–Crippen LogP) is 0.409. The molecule has 1 fully saturated rings. The molecule has 0 bridgehead atoms. The van der Waals surface area contributed by atoms with Gasteiger partial charge in [-0.15, -0.1) is 0 Å². The van der Waals surface area contributed by atoms with Gasteiger partial charge in [0.25, 0.3) is 0 Å². The van der Waals surface area contributed by atoms with Gasteiger partial charge in [0.1, 0.15) is 0 Å². The maximum Gasteiger partial charge on any atom is 0.222 e. The van der Waals surface area contributed by atoms with E-state index in [2.05, 4.69) is 29.0 Å². The Balaban J connectivity index is 1.67. The molecular formula is C16H29N3O2. The molecule has 0 aromatic heterocycles. The summed E-state index contributed by atoms with van der Waals surface area (Å²) in [5.41, 5.74) is 0. The topological polar surface area (TPSA) is 47.0 Å². The van der Waals surface area contributed by atoms with Crippen LogP contribution in [0.2, 0.25) is 0 Å². The van der Waals surface area contributed by atoms with Gasteiger partial charge in [-0.2, -0.15) is 0 Å². The van der Waals surface area contributed by atoms with Crippen molar-refractivity contribution in [2.24, 2.45) is 5.92 Å². The number of β-amino-alcohol motifs (C(OH)–C–C–N with tert-alkyl or cyclic N) is 1. The molecule has 1 saturated heterocycles. The van der Waals surface area contributed by atoms with Crippen LogP contribution in [0.15, 0.2) is 12.2 Å². The quantitative estimate of drug-likeness (QED) is 0.721. The molecule has 1 N–H and O–H groups in total. The second-order valence-corrected chi connectivity index (χ2v) is 6.50. The monoisotopic (exact) mass is 295 g/mol. The number of aliphatic hydroxyl groups excluding tert-OH is 1. The van der Waals surface area contributed by atoms with Crippen molar-refractivity contribution in [3.8, 4) is 0 Å². The Morgan fingerprint density at radius 3 is 2.71 bits per heavy atom. The number of aliphatic hydroxyl groups is 1. The molecule has 5 heteroatoms. The summed E-state index contributed by atoms with van der Waals surface area (Å²) < 4.78 is 0. The first-order chi connectivity index (χ1) is 10.0. The van der Waals surface area contributed by atoms with Crippen molar-refractivity contribution in [1.82, 2.24) is 14.7 Å². The fraction of sp³-hybridized carbons (Fsp3) is 0.812. The second-order valence-electron chi connectivity index (χ2n) is 6.50. The van der Waals surface area contributed by atoms with E-state index in [9.17, 15) is 9.90 Å². The van der Waals surface area contributed by atoms with Crippen molar-refractivity contribution >= 4 is 5.91 Å². The average Bonchev–Trinajstić information content (AvgIpc) is 2.94. The molecular weight excluding hydrogens is 266 g/mol. The number of amides is 1. The van der Waals surface area contributed by atoms with Gasteiger partial charge in [-0.05, 0) is 25.8 Å². The lowest BCUT2D eigenvalue weighted by Gasteiger charge is -2.34. The van der Waals surface area contributed by atoms with Gasteiger partial charge in [0, 0.05) is 52.7 Å². The maximum absolute atomic E-state index is 12.1. The van der Waals surface area contributed by atoms with Crippen molar-refractivity contribution < 1.29 is 9.90 Å². The number of hydrogen-bond acceptors (Lipinski definition) is 4. The lowest BCUT2D eigenvalue weighted by atomic mass is 10.0. The number of hydrogen-bond donors (Lipinski definition) is 1. The Hall–Kier alpha value is -0.910. The highest BCUT2D eigenvalue weighted by atomic mass is 16.3. The van der Waals surface area contributed by atoms with Crippen LogP contribution >= 0.6 is 0 Å². The van der Waals surface area contributed by atoms with Crippen molar-refractivity contribution in [3.63, 3.8) is 0 Å². The maximum atomic E-state index is 12.1. The minimum absolute atomic E-state index is 0.143. The van der Waals surface area contributed by atoms with E-state index in [1.165, 1.54) is 0 Å². The van der Waals surface area contributed by atoms with Crippen LogP contribution in [-0.4, -0.2) is 85.2 Å². The minimum Gasteiger partial charge on any atom is -0.390 e. The van der Waals surface area contributed by atoms with Gasteiger partial charge in [-0.3, -0.25) is 9.69 Å². The van der Waals surface area contributed by atoms with Gasteiger partial charge >= 0.3 is 0 Å². The van der Waals surface area contributed by atoms with E-state index in [-0.39, 0.29) is 5.91 Å². The fourth-order valence-electron chi connectivity index (χ4n) is 3.05. The molecule has 1 amide bonds. The second kappa shape index (κ2) is 7.92. The van der Waals surface area contributed by atoms with Gasteiger partial charge < -0.3 is 14.9 Å². The zero-order valence-corrected chi connectivity index (χ0v) is 13.4. The summed E-state index contributed by atoms with van der Waals surface area (Å²) in [7, 11) is 3.92. The predicted molar refractivity (Wildman–Crippen MR) is 84.1 cm³/mol. The van der Waals surface area contributed by atoms with Gasteiger partial charge in [-0.1, -0.05) is 12.2 Å². The molecule has 0 aromatic carbocycles. The van der Waals surface area contributed by atoms with Crippen LogP contribution in [0.3, 0.4) is 0 Å². The number of allylic oxidation sites excluding steroid dienone is 2. The molecule has 2 rings (SSSR count). The summed E-state index contributed by atoms with van der Waals surface area (Å²) in [6.07, 6.45) is 6.60. The molecule has 1 aliphatic heterocycles. The van der Waals surface area contributed by atoms with Crippen LogP contribution < -0.4 is 0 Å². The summed E-state index contributed by atoms with van der Waals surface area (Å²) in [4.78, 5) is 18.4. The van der Waals surface area contributed by atoms with Crippen LogP contribution in [0.5, 0.6) is 0 Å². The summed E-state index contributed by atoms with van der Waals surface area (Å²) in [5, 5.41) is 10.2. The smallest absolute Gasteiger partial charge is 0.222 e. The third kappa shape index (κ3) is 5.41. The molecule has 0 radical (unpaired) electrons. The largest absolute Gasteiger partial charge is 0.390 e. The van der Waals surface area contributed by atoms with E-state index < -0.39 is 6.10 Å². The molecule has 1 aliphatic carbocycles. The fourth-order valence-corrected chi connectivity index (χ4v) is 3.05. The normalized spacial score (nSPS) is 25.2. The van der Waals surface area contributed by atoms with Gasteiger partial charge in [0.05, 0.1) is 6.10 Å². The number of rotatable bonds is 6. The van der Waals surface area contributed by atoms with E-state index in [1.807, 2.05) is 0 Å². The molecule has 2 aliphatic rings. The zero-order chi connectivity index (χ0) is 15.2. The molecule has 1 heterocycles. The summed E-state index contributed by atoms with van der Waals surface area (Å²) >= 11 is 0. The standard InChI is InChI=1S/C16H29N3O2/c1-17-7-9-19(10-8-17)13-15(20)12-18(2)16(21)11-14-5-3-4-6-14/h3,5,14-15,20H,4,6-13H2,1-2H3. The molecule has 120 valence electrons. The summed E-state index contributed by atoms with van der Waals surface area (Å²) in [6, 6.07) is 0. The zero-order valence-electron chi connectivity index (χ0n) is 13.4. The molecule has 0 aromatic rings. The number of carbonyl (C=O) groups excluding carboxylic acids is 1. The van der Waals surface area contributed by atoms with Gasteiger partial charge in [0.15, 0.2) is 0 Å². The van der Waals surface area contributed by atoms with Gasteiger partial charge in [0.2, 0.25) is 5.91 Å². The Labute approximate surface area is 128 Å². The van der Waals surface area contributed by atoms with Crippen LogP contribution in [-0.2, 0) is 4.79 Å². The average molecular weight is 295 g/mol. The third-order valence-electron chi connectivity index (χ3n) is 4.52. The highest BCUT2D eigenvalue weighted by Gasteiger charge is 2.21. The lowest BCUT2D eigenvalue weighted by molar-refractivity contribution is -0.132. The van der Waals surface area contributed by atoms with Crippen LogP contribution in [0.1, 0.15) is 19.3 Å². The first-order valence-corrected chi connectivity index (χ1v) is 8.04. The third-order valence-corrected chi connectivity index (χ3v) is 4.52. The highest BCUT2D eigenvalue weighted by molar-refractivity contribution is 5.76. The van der Waals surface area contributed by atoms with Crippen molar-refractivity contribution in [1.29, 1.82) is 0 Å². The first-order valence-electron chi connectivity index (χ1n) is 8.04. The van der Waals surface area contributed by atoms with Crippen LogP contribution in [0, 0.1) is 5.92 Å². The van der Waals surface area contributed by atoms with Crippen LogP contribution in [0.4, 0.5) is 0 Å². The molecule has 5 nitrogen and oxygen atoms in total. The Morgan fingerprint density at radius 2 is 2.10 bits per heavy atom. The van der Waals surface area contributed by atoms with Crippen LogP contribution in [0.25, 0.3) is 0 Å². The number of nitrogens with zero attached hydrogens (tertiary/aromatic N) is 3. The SMILES string of the molecule is CN1CCN(CC(O)CN(C)C(=O)CC2C=CCC2)CC1. The number of piperazine rings is 1. The molecule has 0 saturated carbocycles. The van der Waals surface area contributed by atoms with Crippen molar-refractivity contribution in [2.45, 2.75) is 25.4 Å². The molecule has 21 heavy (non-hydrogen) atoms. The molecule has 0 spiro atoms. The Kier molecular flexibility index (Phi) is 6.21. The number of likely N-dealkylation sites (N-methyl/N-ethyl adjacent to an activating group) is 2. The summed E-state index contributed by atoms with van der Waals surface area (Å²) in [5.74, 6) is 0.540. The summed E-state index contributed by atoms with van der Waals surface area (Å²) in [6.45, 7) is 5.19. The Bertz CT molecular complexity index is 365. The van der Waals surface area contributed by atoms with E-state index in [4.69, 9.17) is 0 Å². The van der Waals surface area contributed by atoms with E-state index in [1.54, 1.807) is 11.9 Å².